The van der Waals surface area contributed by atoms with Gasteiger partial charge in [-0.25, -0.2) is 0 Å². The van der Waals surface area contributed by atoms with Crippen molar-refractivity contribution in [2.75, 3.05) is 28.4 Å². The first-order valence-electron chi connectivity index (χ1n) is 12.0. The first-order valence-corrected chi connectivity index (χ1v) is 12.0. The number of ether oxygens (including phenoxy) is 4. The molecule has 5 nitrogen and oxygen atoms in total. The summed E-state index contributed by atoms with van der Waals surface area (Å²) in [6.45, 7) is 0. The van der Waals surface area contributed by atoms with Crippen LogP contribution in [0.25, 0.3) is 0 Å². The molecule has 0 saturated carbocycles. The van der Waals surface area contributed by atoms with Gasteiger partial charge in [0.1, 0.15) is 0 Å². The molecule has 1 aromatic heterocycles. The van der Waals surface area contributed by atoms with E-state index in [-0.39, 0.29) is 5.41 Å². The van der Waals surface area contributed by atoms with Crippen LogP contribution >= 0.6 is 0 Å². The number of aryl methyl sites for hydroxylation is 3. The Labute approximate surface area is 203 Å². The van der Waals surface area contributed by atoms with Gasteiger partial charge in [-0.3, -0.25) is 4.98 Å². The molecule has 180 valence electrons. The van der Waals surface area contributed by atoms with Crippen LogP contribution in [-0.4, -0.2) is 33.4 Å². The Morgan fingerprint density at radius 2 is 1.29 bits per heavy atom. The lowest BCUT2D eigenvalue weighted by Gasteiger charge is -2.40. The zero-order chi connectivity index (χ0) is 24.0. The molecule has 0 aliphatic heterocycles. The number of methoxy groups -OCH3 is 4. The minimum absolute atomic E-state index is 0.108. The number of benzene rings is 2. The number of nitrogens with zero attached hydrogens (tertiary/aromatic N) is 1. The van der Waals surface area contributed by atoms with Crippen LogP contribution in [0.3, 0.4) is 0 Å². The molecule has 1 aliphatic carbocycles. The van der Waals surface area contributed by atoms with Crippen molar-refractivity contribution in [2.24, 2.45) is 0 Å². The standard InChI is InChI=1S/C29H35NO4/c1-31-25-9-7-21(18-27(25)33-3)11-15-29(14-5-6-23-20-30-17-13-24(23)29)16-12-22-8-10-26(32-2)28(19-22)34-4/h7-10,13,17-20H,5-6,11-12,14-16H2,1-4H3. The highest BCUT2D eigenvalue weighted by Gasteiger charge is 2.36. The highest BCUT2D eigenvalue weighted by atomic mass is 16.5. The predicted molar refractivity (Wildman–Crippen MR) is 135 cm³/mol. The molecule has 0 N–H and O–H groups in total. The molecule has 5 heteroatoms. The third kappa shape index (κ3) is 4.98. The minimum atomic E-state index is 0.108. The number of hydrogen-bond acceptors (Lipinski definition) is 5. The SMILES string of the molecule is COc1ccc(CCC2(CCc3ccc(OC)c(OC)c3)CCCc3cnccc32)cc1OC. The molecule has 1 heterocycles. The maximum Gasteiger partial charge on any atom is 0.160 e. The fourth-order valence-corrected chi connectivity index (χ4v) is 5.38. The van der Waals surface area contributed by atoms with Gasteiger partial charge in [-0.2, -0.15) is 0 Å². The molecular formula is C29H35NO4. The summed E-state index contributed by atoms with van der Waals surface area (Å²) >= 11 is 0. The molecule has 34 heavy (non-hydrogen) atoms. The second kappa shape index (κ2) is 10.8. The number of pyridine rings is 1. The van der Waals surface area contributed by atoms with E-state index in [4.69, 9.17) is 18.9 Å². The Bertz CT molecular complexity index is 1050. The molecular weight excluding hydrogens is 426 g/mol. The van der Waals surface area contributed by atoms with Crippen molar-refractivity contribution in [3.63, 3.8) is 0 Å². The quantitative estimate of drug-likeness (QED) is 0.373. The van der Waals surface area contributed by atoms with Gasteiger partial charge in [-0.1, -0.05) is 12.1 Å². The van der Waals surface area contributed by atoms with Crippen LogP contribution in [-0.2, 0) is 24.7 Å². The molecule has 4 rings (SSSR count). The first-order chi connectivity index (χ1) is 16.6. The zero-order valence-electron chi connectivity index (χ0n) is 20.7. The first kappa shape index (κ1) is 23.9. The molecule has 0 spiro atoms. The van der Waals surface area contributed by atoms with Crippen LogP contribution < -0.4 is 18.9 Å². The zero-order valence-corrected chi connectivity index (χ0v) is 20.7. The van der Waals surface area contributed by atoms with Crippen molar-refractivity contribution in [3.05, 3.63) is 77.1 Å². The number of fused-ring (bicyclic) bond motifs is 1. The van der Waals surface area contributed by atoms with Crippen LogP contribution in [0.1, 0.15) is 47.9 Å². The average molecular weight is 462 g/mol. The Balaban J connectivity index is 1.60. The summed E-state index contributed by atoms with van der Waals surface area (Å²) in [6.07, 6.45) is 11.6. The van der Waals surface area contributed by atoms with Crippen LogP contribution in [0.4, 0.5) is 0 Å². The minimum Gasteiger partial charge on any atom is -0.493 e. The predicted octanol–water partition coefficient (Wildman–Crippen LogP) is 5.96. The maximum absolute atomic E-state index is 5.54. The molecule has 0 fully saturated rings. The molecule has 3 aromatic rings. The van der Waals surface area contributed by atoms with Gasteiger partial charge in [0, 0.05) is 12.4 Å². The van der Waals surface area contributed by atoms with Crippen molar-refractivity contribution in [2.45, 2.75) is 50.4 Å². The molecule has 0 saturated heterocycles. The van der Waals surface area contributed by atoms with Crippen LogP contribution in [0.5, 0.6) is 23.0 Å². The van der Waals surface area contributed by atoms with Gasteiger partial charge in [0.2, 0.25) is 0 Å². The monoisotopic (exact) mass is 461 g/mol. The van der Waals surface area contributed by atoms with E-state index in [0.29, 0.717) is 0 Å². The van der Waals surface area contributed by atoms with Gasteiger partial charge in [-0.05, 0) is 103 Å². The molecule has 0 amide bonds. The fourth-order valence-electron chi connectivity index (χ4n) is 5.38. The van der Waals surface area contributed by atoms with Crippen molar-refractivity contribution in [3.8, 4) is 23.0 Å². The van der Waals surface area contributed by atoms with Crippen molar-refractivity contribution < 1.29 is 18.9 Å². The second-order valence-electron chi connectivity index (χ2n) is 9.05. The third-order valence-electron chi connectivity index (χ3n) is 7.26. The largest absolute Gasteiger partial charge is 0.493 e. The summed E-state index contributed by atoms with van der Waals surface area (Å²) in [7, 11) is 6.73. The van der Waals surface area contributed by atoms with Crippen LogP contribution in [0.15, 0.2) is 54.9 Å². The van der Waals surface area contributed by atoms with Crippen molar-refractivity contribution in [1.29, 1.82) is 0 Å². The van der Waals surface area contributed by atoms with Gasteiger partial charge in [0.15, 0.2) is 23.0 Å². The van der Waals surface area contributed by atoms with E-state index in [1.165, 1.54) is 35.1 Å². The fraction of sp³-hybridized carbons (Fsp3) is 0.414. The van der Waals surface area contributed by atoms with Gasteiger partial charge in [0.25, 0.3) is 0 Å². The van der Waals surface area contributed by atoms with E-state index in [0.717, 1.165) is 55.1 Å². The van der Waals surface area contributed by atoms with E-state index >= 15 is 0 Å². The van der Waals surface area contributed by atoms with Gasteiger partial charge in [-0.15, -0.1) is 0 Å². The number of aromatic nitrogens is 1. The molecule has 0 radical (unpaired) electrons. The van der Waals surface area contributed by atoms with Gasteiger partial charge in [0.05, 0.1) is 28.4 Å². The second-order valence-corrected chi connectivity index (χ2v) is 9.05. The van der Waals surface area contributed by atoms with Crippen LogP contribution in [0, 0.1) is 0 Å². The van der Waals surface area contributed by atoms with E-state index in [9.17, 15) is 0 Å². The highest BCUT2D eigenvalue weighted by Crippen LogP contribution is 2.44. The summed E-state index contributed by atoms with van der Waals surface area (Å²) < 4.78 is 21.9. The van der Waals surface area contributed by atoms with E-state index in [1.807, 2.05) is 18.3 Å². The lowest BCUT2D eigenvalue weighted by atomic mass is 9.65. The molecule has 0 unspecified atom stereocenters. The Hall–Kier alpha value is -3.21. The average Bonchev–Trinajstić information content (AvgIpc) is 2.90. The lowest BCUT2D eigenvalue weighted by Crippen LogP contribution is -2.32. The Kier molecular flexibility index (Phi) is 7.61. The Morgan fingerprint density at radius 3 is 1.82 bits per heavy atom. The normalized spacial score (nSPS) is 14.2. The summed E-state index contributed by atoms with van der Waals surface area (Å²) in [5.41, 5.74) is 5.51. The summed E-state index contributed by atoms with van der Waals surface area (Å²) in [5, 5.41) is 0. The van der Waals surface area contributed by atoms with Gasteiger partial charge >= 0.3 is 0 Å². The van der Waals surface area contributed by atoms with E-state index in [2.05, 4.69) is 41.5 Å². The molecule has 0 atom stereocenters. The van der Waals surface area contributed by atoms with Crippen molar-refractivity contribution >= 4 is 0 Å². The van der Waals surface area contributed by atoms with E-state index in [1.54, 1.807) is 28.4 Å². The van der Waals surface area contributed by atoms with Gasteiger partial charge < -0.3 is 18.9 Å². The summed E-state index contributed by atoms with van der Waals surface area (Å²) in [6, 6.07) is 14.8. The van der Waals surface area contributed by atoms with Crippen molar-refractivity contribution in [1.82, 2.24) is 4.98 Å². The molecule has 1 aliphatic rings. The van der Waals surface area contributed by atoms with E-state index < -0.39 is 0 Å². The topological polar surface area (TPSA) is 49.8 Å². The summed E-state index contributed by atoms with van der Waals surface area (Å²) in [5.74, 6) is 3.10. The maximum atomic E-state index is 5.54. The molecule has 2 aromatic carbocycles. The van der Waals surface area contributed by atoms with Crippen LogP contribution in [0.2, 0.25) is 0 Å². The smallest absolute Gasteiger partial charge is 0.160 e. The third-order valence-corrected chi connectivity index (χ3v) is 7.26. The molecule has 0 bridgehead atoms. The summed E-state index contributed by atoms with van der Waals surface area (Å²) in [4.78, 5) is 4.42. The Morgan fingerprint density at radius 1 is 0.735 bits per heavy atom. The lowest BCUT2D eigenvalue weighted by molar-refractivity contribution is 0.309. The highest BCUT2D eigenvalue weighted by molar-refractivity contribution is 5.44. The number of hydrogen-bond donors (Lipinski definition) is 0. The number of rotatable bonds is 10.